The maximum atomic E-state index is 12.6. The van der Waals surface area contributed by atoms with Gasteiger partial charge in [0.25, 0.3) is 0 Å². The molecular formula is C18H23ClN4O2S. The summed E-state index contributed by atoms with van der Waals surface area (Å²) >= 11 is 5.86. The molecule has 2 heterocycles. The topological polar surface area (TPSA) is 75.2 Å². The van der Waals surface area contributed by atoms with E-state index in [2.05, 4.69) is 15.3 Å². The van der Waals surface area contributed by atoms with E-state index in [1.165, 1.54) is 0 Å². The Morgan fingerprint density at radius 3 is 2.42 bits per heavy atom. The van der Waals surface area contributed by atoms with Crippen molar-refractivity contribution in [2.45, 2.75) is 19.3 Å². The third-order valence-corrected chi connectivity index (χ3v) is 6.77. The van der Waals surface area contributed by atoms with Crippen molar-refractivity contribution in [3.05, 3.63) is 53.3 Å². The van der Waals surface area contributed by atoms with E-state index in [-0.39, 0.29) is 5.75 Å². The molecule has 26 heavy (non-hydrogen) atoms. The fraction of sp³-hybridized carbons (Fsp3) is 0.444. The Labute approximate surface area is 159 Å². The maximum Gasteiger partial charge on any atom is 0.222 e. The third-order valence-electron chi connectivity index (χ3n) is 4.64. The molecule has 1 fully saturated rings. The normalized spacial score (nSPS) is 16.5. The number of hydrogen-bond donors (Lipinski definition) is 1. The van der Waals surface area contributed by atoms with Crippen LogP contribution in [0.5, 0.6) is 0 Å². The highest BCUT2D eigenvalue weighted by Gasteiger charge is 2.27. The second-order valence-electron chi connectivity index (χ2n) is 6.49. The largest absolute Gasteiger partial charge is 0.354 e. The zero-order chi connectivity index (χ0) is 18.4. The van der Waals surface area contributed by atoms with Crippen molar-refractivity contribution >= 4 is 27.6 Å². The number of aryl methyl sites for hydroxylation is 1. The molecular weight excluding hydrogens is 372 g/mol. The molecule has 1 saturated heterocycles. The van der Waals surface area contributed by atoms with Crippen molar-refractivity contribution in [3.63, 3.8) is 0 Å². The van der Waals surface area contributed by atoms with Gasteiger partial charge in [0.2, 0.25) is 16.0 Å². The zero-order valence-corrected chi connectivity index (χ0v) is 16.1. The number of anilines is 1. The summed E-state index contributed by atoms with van der Waals surface area (Å²) in [6, 6.07) is 9.11. The lowest BCUT2D eigenvalue weighted by molar-refractivity contribution is 0.282. The fourth-order valence-electron chi connectivity index (χ4n) is 3.04. The van der Waals surface area contributed by atoms with Crippen LogP contribution in [0.2, 0.25) is 5.02 Å². The lowest BCUT2D eigenvalue weighted by Gasteiger charge is -2.31. The van der Waals surface area contributed by atoms with Crippen LogP contribution in [0.1, 0.15) is 18.4 Å². The molecule has 6 nitrogen and oxygen atoms in total. The Kier molecular flexibility index (Phi) is 6.45. The second kappa shape index (κ2) is 8.79. The standard InChI is InChI=1S/C18H23ClN4O2S/c19-17-4-2-15(3-5-17)8-13-26(24,25)23-11-6-16(7-12-23)14-22-18-20-9-1-10-21-18/h1-5,9-10,16H,6-8,11-14H2,(H,20,21,22). The highest BCUT2D eigenvalue weighted by molar-refractivity contribution is 7.89. The van der Waals surface area contributed by atoms with E-state index in [0.29, 0.717) is 36.4 Å². The molecule has 0 amide bonds. The molecule has 0 aliphatic carbocycles. The van der Waals surface area contributed by atoms with E-state index in [0.717, 1.165) is 24.9 Å². The Morgan fingerprint density at radius 2 is 1.77 bits per heavy atom. The third kappa shape index (κ3) is 5.40. The molecule has 3 rings (SSSR count). The molecule has 140 valence electrons. The van der Waals surface area contributed by atoms with Gasteiger partial charge in [-0.1, -0.05) is 23.7 Å². The number of rotatable bonds is 7. The van der Waals surface area contributed by atoms with Gasteiger partial charge in [-0.25, -0.2) is 22.7 Å². The zero-order valence-electron chi connectivity index (χ0n) is 14.5. The minimum absolute atomic E-state index is 0.134. The van der Waals surface area contributed by atoms with Crippen molar-refractivity contribution in [3.8, 4) is 0 Å². The quantitative estimate of drug-likeness (QED) is 0.781. The molecule has 0 spiro atoms. The minimum Gasteiger partial charge on any atom is -0.354 e. The van der Waals surface area contributed by atoms with Gasteiger partial charge in [0.15, 0.2) is 0 Å². The number of sulfonamides is 1. The van der Waals surface area contributed by atoms with Gasteiger partial charge >= 0.3 is 0 Å². The van der Waals surface area contributed by atoms with Gasteiger partial charge in [0.1, 0.15) is 0 Å². The van der Waals surface area contributed by atoms with Crippen LogP contribution < -0.4 is 5.32 Å². The maximum absolute atomic E-state index is 12.6. The molecule has 1 aliphatic rings. The second-order valence-corrected chi connectivity index (χ2v) is 9.01. The lowest BCUT2D eigenvalue weighted by atomic mass is 9.98. The predicted molar refractivity (Wildman–Crippen MR) is 104 cm³/mol. The van der Waals surface area contributed by atoms with Gasteiger partial charge in [0, 0.05) is 37.1 Å². The monoisotopic (exact) mass is 394 g/mol. The van der Waals surface area contributed by atoms with Crippen molar-refractivity contribution in [1.82, 2.24) is 14.3 Å². The molecule has 1 aromatic heterocycles. The molecule has 0 bridgehead atoms. The van der Waals surface area contributed by atoms with Crippen LogP contribution >= 0.6 is 11.6 Å². The Balaban J connectivity index is 1.44. The average molecular weight is 395 g/mol. The number of benzene rings is 1. The van der Waals surface area contributed by atoms with E-state index in [4.69, 9.17) is 11.6 Å². The molecule has 0 unspecified atom stereocenters. The number of nitrogens with zero attached hydrogens (tertiary/aromatic N) is 3. The minimum atomic E-state index is -3.23. The molecule has 1 aliphatic heterocycles. The van der Waals surface area contributed by atoms with E-state index in [1.807, 2.05) is 12.1 Å². The van der Waals surface area contributed by atoms with E-state index < -0.39 is 10.0 Å². The molecule has 0 saturated carbocycles. The first-order valence-electron chi connectivity index (χ1n) is 8.76. The highest BCUT2D eigenvalue weighted by atomic mass is 35.5. The van der Waals surface area contributed by atoms with E-state index in [1.54, 1.807) is 34.9 Å². The number of aromatic nitrogens is 2. The summed E-state index contributed by atoms with van der Waals surface area (Å²) in [6.45, 7) is 1.92. The van der Waals surface area contributed by atoms with Crippen LogP contribution in [-0.2, 0) is 16.4 Å². The number of piperidine rings is 1. The number of hydrogen-bond acceptors (Lipinski definition) is 5. The number of nitrogens with one attached hydrogen (secondary N) is 1. The summed E-state index contributed by atoms with van der Waals surface area (Å²) < 4.78 is 26.8. The van der Waals surface area contributed by atoms with Gasteiger partial charge in [-0.15, -0.1) is 0 Å². The SMILES string of the molecule is O=S(=O)(CCc1ccc(Cl)cc1)N1CCC(CNc2ncccn2)CC1. The summed E-state index contributed by atoms with van der Waals surface area (Å²) in [6.07, 6.45) is 5.60. The first-order chi connectivity index (χ1) is 12.5. The molecule has 8 heteroatoms. The van der Waals surface area contributed by atoms with Gasteiger partial charge in [-0.3, -0.25) is 0 Å². The van der Waals surface area contributed by atoms with Crippen molar-refractivity contribution in [2.24, 2.45) is 5.92 Å². The molecule has 1 N–H and O–H groups in total. The van der Waals surface area contributed by atoms with Gasteiger partial charge in [-0.05, 0) is 48.9 Å². The summed E-state index contributed by atoms with van der Waals surface area (Å²) in [5.74, 6) is 1.18. The van der Waals surface area contributed by atoms with Crippen LogP contribution in [0.4, 0.5) is 5.95 Å². The number of halogens is 1. The smallest absolute Gasteiger partial charge is 0.222 e. The fourth-order valence-corrected chi connectivity index (χ4v) is 4.69. The van der Waals surface area contributed by atoms with Crippen LogP contribution in [0, 0.1) is 5.92 Å². The van der Waals surface area contributed by atoms with E-state index in [9.17, 15) is 8.42 Å². The highest BCUT2D eigenvalue weighted by Crippen LogP contribution is 2.21. The summed E-state index contributed by atoms with van der Waals surface area (Å²) in [7, 11) is -3.23. The van der Waals surface area contributed by atoms with Crippen LogP contribution in [0.15, 0.2) is 42.7 Å². The summed E-state index contributed by atoms with van der Waals surface area (Å²) in [4.78, 5) is 8.28. The van der Waals surface area contributed by atoms with Crippen LogP contribution in [-0.4, -0.2) is 48.1 Å². The van der Waals surface area contributed by atoms with Gasteiger partial charge < -0.3 is 5.32 Å². The molecule has 2 aromatic rings. The molecule has 1 aromatic carbocycles. The van der Waals surface area contributed by atoms with Crippen molar-refractivity contribution in [2.75, 3.05) is 30.7 Å². The van der Waals surface area contributed by atoms with Crippen molar-refractivity contribution in [1.29, 1.82) is 0 Å². The summed E-state index contributed by atoms with van der Waals surface area (Å²) in [5, 5.41) is 3.88. The first kappa shape index (κ1) is 19.1. The van der Waals surface area contributed by atoms with Gasteiger partial charge in [0.05, 0.1) is 5.75 Å². The lowest BCUT2D eigenvalue weighted by Crippen LogP contribution is -2.41. The Morgan fingerprint density at radius 1 is 1.12 bits per heavy atom. The first-order valence-corrected chi connectivity index (χ1v) is 10.7. The predicted octanol–water partition coefficient (Wildman–Crippen LogP) is 2.83. The summed E-state index contributed by atoms with van der Waals surface area (Å²) in [5.41, 5.74) is 0.986. The Bertz CT molecular complexity index is 792. The average Bonchev–Trinajstić information content (AvgIpc) is 2.67. The van der Waals surface area contributed by atoms with Crippen molar-refractivity contribution < 1.29 is 8.42 Å². The van der Waals surface area contributed by atoms with E-state index >= 15 is 0 Å². The van der Waals surface area contributed by atoms with Crippen LogP contribution in [0.25, 0.3) is 0 Å². The van der Waals surface area contributed by atoms with Crippen LogP contribution in [0.3, 0.4) is 0 Å². The molecule has 0 radical (unpaired) electrons. The Hall–Kier alpha value is -1.70. The molecule has 0 atom stereocenters. The van der Waals surface area contributed by atoms with Gasteiger partial charge in [-0.2, -0.15) is 0 Å².